The van der Waals surface area contributed by atoms with Crippen LogP contribution in [0.3, 0.4) is 0 Å². The number of hydrogen-bond acceptors (Lipinski definition) is 5. The van der Waals surface area contributed by atoms with E-state index in [9.17, 15) is 0 Å². The maximum atomic E-state index is 5.92. The minimum atomic E-state index is -0.0486. The van der Waals surface area contributed by atoms with Crippen molar-refractivity contribution < 1.29 is 14.2 Å². The molecule has 0 fully saturated rings. The van der Waals surface area contributed by atoms with E-state index in [-0.39, 0.29) is 6.10 Å². The summed E-state index contributed by atoms with van der Waals surface area (Å²) in [5.41, 5.74) is 0.986. The van der Waals surface area contributed by atoms with Crippen LogP contribution in [0.4, 0.5) is 0 Å². The second-order valence-electron chi connectivity index (χ2n) is 6.23. The molecule has 1 heterocycles. The second-order valence-corrected chi connectivity index (χ2v) is 6.23. The zero-order valence-electron chi connectivity index (χ0n) is 17.1. The highest BCUT2D eigenvalue weighted by molar-refractivity contribution is 5.79. The van der Waals surface area contributed by atoms with Crippen molar-refractivity contribution in [2.45, 2.75) is 32.9 Å². The number of aromatic nitrogens is 1. The fourth-order valence-corrected chi connectivity index (χ4v) is 2.48. The van der Waals surface area contributed by atoms with Crippen LogP contribution in [0.15, 0.2) is 47.6 Å². The Kier molecular flexibility index (Phi) is 8.91. The van der Waals surface area contributed by atoms with E-state index in [0.717, 1.165) is 23.5 Å². The highest BCUT2D eigenvalue weighted by Gasteiger charge is 2.08. The lowest BCUT2D eigenvalue weighted by molar-refractivity contribution is 0.223. The molecule has 0 saturated carbocycles. The molecule has 0 radical (unpaired) electrons. The summed E-state index contributed by atoms with van der Waals surface area (Å²) in [4.78, 5) is 8.56. The summed E-state index contributed by atoms with van der Waals surface area (Å²) in [6.45, 7) is 5.88. The first-order valence-corrected chi connectivity index (χ1v) is 9.48. The minimum Gasteiger partial charge on any atom is -0.497 e. The molecule has 1 unspecified atom stereocenters. The van der Waals surface area contributed by atoms with Crippen LogP contribution in [0.2, 0.25) is 0 Å². The Bertz CT molecular complexity index is 752. The molecule has 0 saturated heterocycles. The molecule has 28 heavy (non-hydrogen) atoms. The fraction of sp³-hybridized carbons (Fsp3) is 0.429. The molecule has 0 aliphatic rings. The van der Waals surface area contributed by atoms with Gasteiger partial charge in [-0.3, -0.25) is 4.99 Å². The van der Waals surface area contributed by atoms with Gasteiger partial charge in [-0.15, -0.1) is 0 Å². The zero-order chi connectivity index (χ0) is 20.2. The monoisotopic (exact) mass is 386 g/mol. The highest BCUT2D eigenvalue weighted by atomic mass is 16.5. The smallest absolute Gasteiger partial charge is 0.218 e. The SMILES string of the molecule is CCCOc1ncccc1CNC(=NC)NCC(C)Oc1cccc(OC)c1. The first-order valence-electron chi connectivity index (χ1n) is 9.48. The summed E-state index contributed by atoms with van der Waals surface area (Å²) >= 11 is 0. The minimum absolute atomic E-state index is 0.0486. The molecule has 0 aliphatic heterocycles. The Morgan fingerprint density at radius 3 is 2.75 bits per heavy atom. The molecule has 2 N–H and O–H groups in total. The zero-order valence-corrected chi connectivity index (χ0v) is 17.1. The van der Waals surface area contributed by atoms with Crippen molar-refractivity contribution in [2.24, 2.45) is 4.99 Å². The first-order chi connectivity index (χ1) is 13.7. The van der Waals surface area contributed by atoms with Crippen molar-refractivity contribution in [2.75, 3.05) is 27.3 Å². The van der Waals surface area contributed by atoms with Gasteiger partial charge in [-0.25, -0.2) is 4.98 Å². The molecule has 152 valence electrons. The third-order valence-corrected chi connectivity index (χ3v) is 3.90. The van der Waals surface area contributed by atoms with Crippen LogP contribution in [0.5, 0.6) is 17.4 Å². The number of pyridine rings is 1. The lowest BCUT2D eigenvalue weighted by atomic mass is 10.2. The number of guanidine groups is 1. The van der Waals surface area contributed by atoms with E-state index in [0.29, 0.717) is 31.5 Å². The normalized spacial score (nSPS) is 12.2. The molecule has 1 aromatic heterocycles. The fourth-order valence-electron chi connectivity index (χ4n) is 2.48. The summed E-state index contributed by atoms with van der Waals surface area (Å²) < 4.78 is 16.8. The Hall–Kier alpha value is -2.96. The largest absolute Gasteiger partial charge is 0.497 e. The molecule has 0 spiro atoms. The average molecular weight is 386 g/mol. The van der Waals surface area contributed by atoms with E-state index in [2.05, 4.69) is 27.5 Å². The Morgan fingerprint density at radius 2 is 2.00 bits per heavy atom. The lowest BCUT2D eigenvalue weighted by Crippen LogP contribution is -2.41. The van der Waals surface area contributed by atoms with Gasteiger partial charge in [0.15, 0.2) is 5.96 Å². The van der Waals surface area contributed by atoms with Gasteiger partial charge in [-0.1, -0.05) is 19.1 Å². The predicted octanol–water partition coefficient (Wildman–Crippen LogP) is 3.01. The quantitative estimate of drug-likeness (QED) is 0.483. The van der Waals surface area contributed by atoms with E-state index in [1.54, 1.807) is 20.4 Å². The topological polar surface area (TPSA) is 77.0 Å². The summed E-state index contributed by atoms with van der Waals surface area (Å²) in [6, 6.07) is 11.5. The molecule has 0 bridgehead atoms. The van der Waals surface area contributed by atoms with Crippen LogP contribution in [0, 0.1) is 0 Å². The van der Waals surface area contributed by atoms with Gasteiger partial charge < -0.3 is 24.8 Å². The summed E-state index contributed by atoms with van der Waals surface area (Å²) in [5, 5.41) is 6.56. The number of nitrogens with zero attached hydrogens (tertiary/aromatic N) is 2. The Balaban J connectivity index is 1.82. The van der Waals surface area contributed by atoms with Crippen molar-refractivity contribution in [3.8, 4) is 17.4 Å². The maximum Gasteiger partial charge on any atom is 0.218 e. The van der Waals surface area contributed by atoms with Gasteiger partial charge in [0.1, 0.15) is 17.6 Å². The Labute approximate surface area is 167 Å². The van der Waals surface area contributed by atoms with Gasteiger partial charge in [-0.05, 0) is 31.5 Å². The molecular weight excluding hydrogens is 356 g/mol. The molecule has 2 aromatic rings. The molecule has 2 rings (SSSR count). The molecule has 7 heteroatoms. The Morgan fingerprint density at radius 1 is 1.18 bits per heavy atom. The van der Waals surface area contributed by atoms with Gasteiger partial charge >= 0.3 is 0 Å². The summed E-state index contributed by atoms with van der Waals surface area (Å²) in [7, 11) is 3.38. The average Bonchev–Trinajstić information content (AvgIpc) is 2.73. The highest BCUT2D eigenvalue weighted by Crippen LogP contribution is 2.19. The van der Waals surface area contributed by atoms with Crippen LogP contribution >= 0.6 is 0 Å². The number of ether oxygens (including phenoxy) is 3. The van der Waals surface area contributed by atoms with Crippen LogP contribution in [0.1, 0.15) is 25.8 Å². The standard InChI is InChI=1S/C21H30N4O3/c1-5-12-27-20-17(8-7-11-23-20)15-25-21(22-3)24-14-16(2)28-19-10-6-9-18(13-19)26-4/h6-11,13,16H,5,12,14-15H2,1-4H3,(H2,22,24,25). The molecule has 1 aromatic carbocycles. The van der Waals surface area contributed by atoms with E-state index in [4.69, 9.17) is 14.2 Å². The van der Waals surface area contributed by atoms with Crippen LogP contribution in [-0.2, 0) is 6.54 Å². The number of benzene rings is 1. The van der Waals surface area contributed by atoms with Crippen molar-refractivity contribution in [1.82, 2.24) is 15.6 Å². The molecule has 1 atom stereocenters. The third-order valence-electron chi connectivity index (χ3n) is 3.90. The molecular formula is C21H30N4O3. The van der Waals surface area contributed by atoms with Gasteiger partial charge in [0.25, 0.3) is 0 Å². The van der Waals surface area contributed by atoms with E-state index >= 15 is 0 Å². The van der Waals surface area contributed by atoms with Gasteiger partial charge in [-0.2, -0.15) is 0 Å². The van der Waals surface area contributed by atoms with Crippen molar-refractivity contribution >= 4 is 5.96 Å². The van der Waals surface area contributed by atoms with E-state index in [1.165, 1.54) is 0 Å². The van der Waals surface area contributed by atoms with Gasteiger partial charge in [0.2, 0.25) is 5.88 Å². The second kappa shape index (κ2) is 11.7. The van der Waals surface area contributed by atoms with Crippen LogP contribution < -0.4 is 24.8 Å². The van der Waals surface area contributed by atoms with Gasteiger partial charge in [0, 0.05) is 31.4 Å². The lowest BCUT2D eigenvalue weighted by Gasteiger charge is -2.18. The van der Waals surface area contributed by atoms with E-state index in [1.807, 2.05) is 43.3 Å². The first kappa shape index (κ1) is 21.3. The number of methoxy groups -OCH3 is 1. The van der Waals surface area contributed by atoms with Crippen molar-refractivity contribution in [1.29, 1.82) is 0 Å². The molecule has 7 nitrogen and oxygen atoms in total. The van der Waals surface area contributed by atoms with Crippen LogP contribution in [-0.4, -0.2) is 44.4 Å². The summed E-state index contributed by atoms with van der Waals surface area (Å²) in [5.74, 6) is 2.88. The van der Waals surface area contributed by atoms with Crippen LogP contribution in [0.25, 0.3) is 0 Å². The van der Waals surface area contributed by atoms with Crippen molar-refractivity contribution in [3.63, 3.8) is 0 Å². The number of rotatable bonds is 10. The number of nitrogens with one attached hydrogen (secondary N) is 2. The maximum absolute atomic E-state index is 5.92. The number of aliphatic imine (C=N–C) groups is 1. The van der Waals surface area contributed by atoms with E-state index < -0.39 is 0 Å². The van der Waals surface area contributed by atoms with Crippen molar-refractivity contribution in [3.05, 3.63) is 48.2 Å². The number of hydrogen-bond donors (Lipinski definition) is 2. The molecule has 0 aliphatic carbocycles. The predicted molar refractivity (Wildman–Crippen MR) is 111 cm³/mol. The summed E-state index contributed by atoms with van der Waals surface area (Å²) in [6.07, 6.45) is 2.63. The third kappa shape index (κ3) is 6.98. The molecule has 0 amide bonds. The van der Waals surface area contributed by atoms with Gasteiger partial charge in [0.05, 0.1) is 20.3 Å².